The second-order valence-corrected chi connectivity index (χ2v) is 6.31. The Morgan fingerprint density at radius 2 is 2.35 bits per heavy atom. The van der Waals surface area contributed by atoms with E-state index in [4.69, 9.17) is 9.15 Å². The Kier molecular flexibility index (Phi) is 4.49. The smallest absolute Gasteiger partial charge is 0.340 e. The van der Waals surface area contributed by atoms with Gasteiger partial charge in [0.1, 0.15) is 10.8 Å². The maximum atomic E-state index is 12.7. The molecule has 0 N–H and O–H groups in total. The lowest BCUT2D eigenvalue weighted by Crippen LogP contribution is -2.39. The first-order chi connectivity index (χ1) is 11.1. The molecular weight excluding hydrogens is 316 g/mol. The van der Waals surface area contributed by atoms with Gasteiger partial charge in [-0.15, -0.1) is 11.3 Å². The topological polar surface area (TPSA) is 63.0 Å². The molecule has 1 unspecified atom stereocenters. The fourth-order valence-corrected chi connectivity index (χ4v) is 3.73. The number of carbonyl (C=O) groups excluding carboxylic acids is 2. The lowest BCUT2D eigenvalue weighted by molar-refractivity contribution is -0.121. The number of furan rings is 1. The van der Waals surface area contributed by atoms with Gasteiger partial charge < -0.3 is 14.1 Å². The zero-order chi connectivity index (χ0) is 16.4. The number of likely N-dealkylation sites (N-methyl/N-ethyl adjacent to an activating group) is 1. The van der Waals surface area contributed by atoms with Gasteiger partial charge in [-0.3, -0.25) is 9.69 Å². The summed E-state index contributed by atoms with van der Waals surface area (Å²) in [6.07, 6.45) is 2.34. The largest absolute Gasteiger partial charge is 0.468 e. The van der Waals surface area contributed by atoms with Crippen molar-refractivity contribution in [3.8, 4) is 0 Å². The van der Waals surface area contributed by atoms with Gasteiger partial charge in [0.2, 0.25) is 5.91 Å². The number of anilines is 1. The molecule has 1 aliphatic heterocycles. The average Bonchev–Trinajstić information content (AvgIpc) is 3.26. The lowest BCUT2D eigenvalue weighted by Gasteiger charge is -2.22. The zero-order valence-electron chi connectivity index (χ0n) is 13.0. The van der Waals surface area contributed by atoms with Gasteiger partial charge in [-0.25, -0.2) is 4.79 Å². The van der Waals surface area contributed by atoms with Gasteiger partial charge in [0.15, 0.2) is 0 Å². The summed E-state index contributed by atoms with van der Waals surface area (Å²) in [6.45, 7) is 1.17. The number of ether oxygens (including phenoxy) is 1. The van der Waals surface area contributed by atoms with Gasteiger partial charge >= 0.3 is 5.97 Å². The van der Waals surface area contributed by atoms with Crippen molar-refractivity contribution >= 4 is 28.2 Å². The summed E-state index contributed by atoms with van der Waals surface area (Å²) in [6, 6.07) is 5.20. The summed E-state index contributed by atoms with van der Waals surface area (Å²) in [5, 5.41) is 2.46. The number of rotatable bonds is 5. The van der Waals surface area contributed by atoms with Crippen LogP contribution in [0, 0.1) is 0 Å². The molecule has 3 rings (SSSR count). The van der Waals surface area contributed by atoms with Crippen molar-refractivity contribution in [3.63, 3.8) is 0 Å². The summed E-state index contributed by atoms with van der Waals surface area (Å²) >= 11 is 1.38. The minimum absolute atomic E-state index is 0.00617. The minimum Gasteiger partial charge on any atom is -0.468 e. The second-order valence-electron chi connectivity index (χ2n) is 5.42. The summed E-state index contributed by atoms with van der Waals surface area (Å²) in [7, 11) is 3.25. The van der Waals surface area contributed by atoms with E-state index in [2.05, 4.69) is 0 Å². The average molecular weight is 334 g/mol. The Labute approximate surface area is 138 Å². The molecule has 1 saturated heterocycles. The number of amides is 1. The Balaban J connectivity index is 1.74. The van der Waals surface area contributed by atoms with Gasteiger partial charge in [-0.1, -0.05) is 0 Å². The van der Waals surface area contributed by atoms with E-state index in [-0.39, 0.29) is 11.9 Å². The van der Waals surface area contributed by atoms with E-state index in [1.165, 1.54) is 18.4 Å². The molecular formula is C16H18N2O4S. The molecule has 1 amide bonds. The number of thiophene rings is 1. The predicted molar refractivity (Wildman–Crippen MR) is 86.6 cm³/mol. The van der Waals surface area contributed by atoms with E-state index in [1.807, 2.05) is 24.1 Å². The summed E-state index contributed by atoms with van der Waals surface area (Å²) in [4.78, 5) is 28.2. The molecule has 0 spiro atoms. The van der Waals surface area contributed by atoms with Crippen molar-refractivity contribution in [3.05, 3.63) is 41.2 Å². The molecule has 0 aliphatic carbocycles. The molecule has 1 fully saturated rings. The van der Waals surface area contributed by atoms with Crippen LogP contribution in [0.2, 0.25) is 0 Å². The first-order valence-corrected chi connectivity index (χ1v) is 8.19. The number of hydrogen-bond acceptors (Lipinski definition) is 6. The van der Waals surface area contributed by atoms with Crippen LogP contribution >= 0.6 is 11.3 Å². The van der Waals surface area contributed by atoms with Crippen LogP contribution in [0.3, 0.4) is 0 Å². The predicted octanol–water partition coefficient (Wildman–Crippen LogP) is 2.37. The van der Waals surface area contributed by atoms with Crippen LogP contribution in [-0.2, 0) is 16.1 Å². The number of methoxy groups -OCH3 is 1. The van der Waals surface area contributed by atoms with Crippen LogP contribution in [0.5, 0.6) is 0 Å². The number of hydrogen-bond donors (Lipinski definition) is 0. The van der Waals surface area contributed by atoms with Gasteiger partial charge in [0.05, 0.1) is 31.5 Å². The molecule has 7 heteroatoms. The highest BCUT2D eigenvalue weighted by atomic mass is 32.1. The van der Waals surface area contributed by atoms with Crippen LogP contribution in [0.15, 0.2) is 34.3 Å². The van der Waals surface area contributed by atoms with Crippen molar-refractivity contribution in [2.45, 2.75) is 19.0 Å². The number of nitrogens with zero attached hydrogens (tertiary/aromatic N) is 2. The van der Waals surface area contributed by atoms with Crippen LogP contribution in [-0.4, -0.2) is 43.5 Å². The molecule has 1 aliphatic rings. The molecule has 122 valence electrons. The van der Waals surface area contributed by atoms with Crippen molar-refractivity contribution in [1.29, 1.82) is 0 Å². The standard InChI is InChI=1S/C16H18N2O4S/c1-17(10-11-4-3-8-22-11)13-5-7-18(14(13)19)15-12(6-9-23-15)16(20)21-2/h3-4,6,8-9,13H,5,7,10H2,1-2H3. The van der Waals surface area contributed by atoms with Crippen molar-refractivity contribution in [2.75, 3.05) is 25.6 Å². The minimum atomic E-state index is -0.415. The fourth-order valence-electron chi connectivity index (χ4n) is 2.81. The maximum absolute atomic E-state index is 12.7. The lowest BCUT2D eigenvalue weighted by atomic mass is 10.2. The quantitative estimate of drug-likeness (QED) is 0.786. The molecule has 0 saturated carbocycles. The SMILES string of the molecule is COC(=O)c1ccsc1N1CCC(N(C)Cc2ccco2)C1=O. The fraction of sp³-hybridized carbons (Fsp3) is 0.375. The van der Waals surface area contributed by atoms with E-state index in [1.54, 1.807) is 22.6 Å². The number of carbonyl (C=O) groups is 2. The molecule has 23 heavy (non-hydrogen) atoms. The Bertz CT molecular complexity index is 695. The third-order valence-electron chi connectivity index (χ3n) is 3.99. The van der Waals surface area contributed by atoms with Gasteiger partial charge in [-0.2, -0.15) is 0 Å². The first-order valence-electron chi connectivity index (χ1n) is 7.31. The molecule has 2 aromatic rings. The molecule has 2 aromatic heterocycles. The Morgan fingerprint density at radius 1 is 1.52 bits per heavy atom. The maximum Gasteiger partial charge on any atom is 0.340 e. The highest BCUT2D eigenvalue weighted by Gasteiger charge is 2.37. The van der Waals surface area contributed by atoms with Crippen LogP contribution < -0.4 is 4.90 Å². The third-order valence-corrected chi connectivity index (χ3v) is 4.93. The molecule has 1 atom stereocenters. The number of esters is 1. The van der Waals surface area contributed by atoms with E-state index >= 15 is 0 Å². The molecule has 0 bridgehead atoms. The van der Waals surface area contributed by atoms with Crippen molar-refractivity contribution in [1.82, 2.24) is 4.90 Å². The van der Waals surface area contributed by atoms with Crippen LogP contribution in [0.1, 0.15) is 22.5 Å². The molecule has 0 aromatic carbocycles. The summed E-state index contributed by atoms with van der Waals surface area (Å²) in [5.41, 5.74) is 0.445. The van der Waals surface area contributed by atoms with E-state index in [9.17, 15) is 9.59 Å². The van der Waals surface area contributed by atoms with Crippen LogP contribution in [0.25, 0.3) is 0 Å². The van der Waals surface area contributed by atoms with Gasteiger partial charge in [0, 0.05) is 6.54 Å². The highest BCUT2D eigenvalue weighted by Crippen LogP contribution is 2.33. The Morgan fingerprint density at radius 3 is 3.04 bits per heavy atom. The summed E-state index contributed by atoms with van der Waals surface area (Å²) < 4.78 is 10.1. The van der Waals surface area contributed by atoms with Gasteiger partial charge in [-0.05, 0) is 37.0 Å². The normalized spacial score (nSPS) is 18.0. The van der Waals surface area contributed by atoms with Crippen LogP contribution in [0.4, 0.5) is 5.00 Å². The van der Waals surface area contributed by atoms with E-state index in [0.29, 0.717) is 30.1 Å². The second kappa shape index (κ2) is 6.55. The van der Waals surface area contributed by atoms with Crippen molar-refractivity contribution < 1.29 is 18.7 Å². The van der Waals surface area contributed by atoms with E-state index in [0.717, 1.165) is 5.76 Å². The zero-order valence-corrected chi connectivity index (χ0v) is 13.8. The van der Waals surface area contributed by atoms with E-state index < -0.39 is 5.97 Å². The molecule has 3 heterocycles. The first kappa shape index (κ1) is 15.8. The third kappa shape index (κ3) is 3.02. The van der Waals surface area contributed by atoms with Gasteiger partial charge in [0.25, 0.3) is 0 Å². The highest BCUT2D eigenvalue weighted by molar-refractivity contribution is 7.14. The monoisotopic (exact) mass is 334 g/mol. The molecule has 6 nitrogen and oxygen atoms in total. The summed E-state index contributed by atoms with van der Waals surface area (Å²) in [5.74, 6) is 0.415. The molecule has 0 radical (unpaired) electrons. The Hall–Kier alpha value is -2.12. The van der Waals surface area contributed by atoms with Crippen molar-refractivity contribution in [2.24, 2.45) is 0 Å².